The zero-order valence-corrected chi connectivity index (χ0v) is 11.8. The Morgan fingerprint density at radius 1 is 1.10 bits per heavy atom. The summed E-state index contributed by atoms with van der Waals surface area (Å²) in [6, 6.07) is 8.81. The van der Waals surface area contributed by atoms with Gasteiger partial charge in [-0.2, -0.15) is 0 Å². The second kappa shape index (κ2) is 5.98. The van der Waals surface area contributed by atoms with Crippen molar-refractivity contribution in [1.29, 1.82) is 0 Å². The smallest absolute Gasteiger partial charge is 0.311 e. The zero-order valence-electron chi connectivity index (χ0n) is 10.3. The first kappa shape index (κ1) is 14.4. The standard InChI is InChI=1S/C13H9Cl2NO4/c1-19-9-3-4-11(16(17)18)13(7-9)20-12-5-2-8(14)6-10(12)15/h2-7H,1H3. The number of benzene rings is 2. The third-order valence-electron chi connectivity index (χ3n) is 2.48. The predicted molar refractivity (Wildman–Crippen MR) is 76.2 cm³/mol. The van der Waals surface area contributed by atoms with Gasteiger partial charge in [0.1, 0.15) is 11.5 Å². The maximum atomic E-state index is 11.0. The molecule has 0 aliphatic heterocycles. The highest BCUT2D eigenvalue weighted by atomic mass is 35.5. The van der Waals surface area contributed by atoms with E-state index in [1.165, 1.54) is 37.4 Å². The van der Waals surface area contributed by atoms with Gasteiger partial charge < -0.3 is 9.47 Å². The molecule has 0 amide bonds. The molecule has 0 heterocycles. The number of ether oxygens (including phenoxy) is 2. The minimum absolute atomic E-state index is 0.0403. The fraction of sp³-hybridized carbons (Fsp3) is 0.0769. The Morgan fingerprint density at radius 2 is 1.85 bits per heavy atom. The van der Waals surface area contributed by atoms with Crippen LogP contribution in [0.2, 0.25) is 10.0 Å². The van der Waals surface area contributed by atoms with Crippen LogP contribution in [0.3, 0.4) is 0 Å². The van der Waals surface area contributed by atoms with E-state index in [4.69, 9.17) is 32.7 Å². The van der Waals surface area contributed by atoms with Crippen molar-refractivity contribution in [1.82, 2.24) is 0 Å². The average molecular weight is 314 g/mol. The Kier molecular flexibility index (Phi) is 4.32. The van der Waals surface area contributed by atoms with Crippen LogP contribution in [-0.2, 0) is 0 Å². The van der Waals surface area contributed by atoms with E-state index in [0.29, 0.717) is 10.8 Å². The first-order chi connectivity index (χ1) is 9.51. The molecule has 0 fully saturated rings. The van der Waals surface area contributed by atoms with Crippen molar-refractivity contribution in [3.8, 4) is 17.2 Å². The monoisotopic (exact) mass is 313 g/mol. The minimum atomic E-state index is -0.543. The van der Waals surface area contributed by atoms with Gasteiger partial charge in [-0.25, -0.2) is 0 Å². The van der Waals surface area contributed by atoms with Crippen molar-refractivity contribution in [3.63, 3.8) is 0 Å². The highest BCUT2D eigenvalue weighted by molar-refractivity contribution is 6.35. The highest BCUT2D eigenvalue weighted by Gasteiger charge is 2.18. The number of nitrogens with zero attached hydrogens (tertiary/aromatic N) is 1. The predicted octanol–water partition coefficient (Wildman–Crippen LogP) is 4.70. The topological polar surface area (TPSA) is 61.6 Å². The molecule has 0 aliphatic carbocycles. The van der Waals surface area contributed by atoms with Crippen molar-refractivity contribution in [2.24, 2.45) is 0 Å². The van der Waals surface area contributed by atoms with Gasteiger partial charge in [0.2, 0.25) is 5.75 Å². The maximum absolute atomic E-state index is 11.0. The summed E-state index contributed by atoms with van der Waals surface area (Å²) in [7, 11) is 1.46. The van der Waals surface area contributed by atoms with Crippen molar-refractivity contribution < 1.29 is 14.4 Å². The normalized spacial score (nSPS) is 10.2. The average Bonchev–Trinajstić information content (AvgIpc) is 2.41. The molecule has 2 aromatic carbocycles. The quantitative estimate of drug-likeness (QED) is 0.606. The zero-order chi connectivity index (χ0) is 14.7. The molecule has 0 saturated carbocycles. The molecule has 0 aromatic heterocycles. The van der Waals surface area contributed by atoms with Crippen LogP contribution >= 0.6 is 23.2 Å². The molecule has 0 atom stereocenters. The van der Waals surface area contributed by atoms with Crippen LogP contribution in [0.25, 0.3) is 0 Å². The molecule has 20 heavy (non-hydrogen) atoms. The summed E-state index contributed by atoms with van der Waals surface area (Å²) in [5.41, 5.74) is -0.184. The molecule has 7 heteroatoms. The van der Waals surface area contributed by atoms with Crippen LogP contribution < -0.4 is 9.47 Å². The minimum Gasteiger partial charge on any atom is -0.497 e. The van der Waals surface area contributed by atoms with Crippen LogP contribution in [0.1, 0.15) is 0 Å². The Balaban J connectivity index is 2.43. The Hall–Kier alpha value is -1.98. The van der Waals surface area contributed by atoms with E-state index in [1.54, 1.807) is 6.07 Å². The van der Waals surface area contributed by atoms with Gasteiger partial charge in [0, 0.05) is 17.2 Å². The molecule has 2 aromatic rings. The van der Waals surface area contributed by atoms with Crippen molar-refractivity contribution >= 4 is 28.9 Å². The Labute approximate surface area is 124 Å². The van der Waals surface area contributed by atoms with Gasteiger partial charge in [-0.3, -0.25) is 10.1 Å². The van der Waals surface area contributed by atoms with E-state index < -0.39 is 4.92 Å². The Bertz CT molecular complexity index is 661. The van der Waals surface area contributed by atoms with Gasteiger partial charge in [-0.05, 0) is 24.3 Å². The molecule has 0 radical (unpaired) electrons. The number of nitro groups is 1. The van der Waals surface area contributed by atoms with Crippen molar-refractivity contribution in [3.05, 3.63) is 56.6 Å². The first-order valence-electron chi connectivity index (χ1n) is 5.46. The summed E-state index contributed by atoms with van der Waals surface area (Å²) in [6.07, 6.45) is 0. The summed E-state index contributed by atoms with van der Waals surface area (Å²) in [6.45, 7) is 0. The molecule has 0 saturated heterocycles. The largest absolute Gasteiger partial charge is 0.497 e. The van der Waals surface area contributed by atoms with E-state index in [0.717, 1.165) is 0 Å². The highest BCUT2D eigenvalue weighted by Crippen LogP contribution is 2.37. The first-order valence-corrected chi connectivity index (χ1v) is 6.22. The number of rotatable bonds is 4. The van der Waals surface area contributed by atoms with Gasteiger partial charge in [-0.15, -0.1) is 0 Å². The second-order valence-corrected chi connectivity index (χ2v) is 4.61. The fourth-order valence-corrected chi connectivity index (χ4v) is 1.98. The molecule has 2 rings (SSSR count). The fourth-order valence-electron chi connectivity index (χ4n) is 1.53. The number of nitro benzene ring substituents is 1. The Morgan fingerprint density at radius 3 is 2.45 bits per heavy atom. The van der Waals surface area contributed by atoms with Gasteiger partial charge in [0.25, 0.3) is 0 Å². The van der Waals surface area contributed by atoms with Crippen molar-refractivity contribution in [2.45, 2.75) is 0 Å². The van der Waals surface area contributed by atoms with Crippen LogP contribution in [0.5, 0.6) is 17.2 Å². The molecular weight excluding hydrogens is 305 g/mol. The van der Waals surface area contributed by atoms with Crippen LogP contribution in [-0.4, -0.2) is 12.0 Å². The number of methoxy groups -OCH3 is 1. The third kappa shape index (κ3) is 3.12. The lowest BCUT2D eigenvalue weighted by atomic mass is 10.2. The van der Waals surface area contributed by atoms with E-state index >= 15 is 0 Å². The van der Waals surface area contributed by atoms with Gasteiger partial charge in [0.15, 0.2) is 0 Å². The van der Waals surface area contributed by atoms with Gasteiger partial charge in [0.05, 0.1) is 17.1 Å². The summed E-state index contributed by atoms with van der Waals surface area (Å²) in [5.74, 6) is 0.752. The van der Waals surface area contributed by atoms with E-state index in [-0.39, 0.29) is 22.2 Å². The van der Waals surface area contributed by atoms with Crippen molar-refractivity contribution in [2.75, 3.05) is 7.11 Å². The molecule has 0 N–H and O–H groups in total. The van der Waals surface area contributed by atoms with Crippen LogP contribution in [0.4, 0.5) is 5.69 Å². The summed E-state index contributed by atoms with van der Waals surface area (Å²) < 4.78 is 10.5. The lowest BCUT2D eigenvalue weighted by molar-refractivity contribution is -0.385. The molecule has 5 nitrogen and oxygen atoms in total. The lowest BCUT2D eigenvalue weighted by Crippen LogP contribution is -1.95. The second-order valence-electron chi connectivity index (χ2n) is 3.77. The van der Waals surface area contributed by atoms with Crippen LogP contribution in [0.15, 0.2) is 36.4 Å². The molecule has 0 aliphatic rings. The maximum Gasteiger partial charge on any atom is 0.311 e. The molecule has 104 valence electrons. The number of hydrogen-bond donors (Lipinski definition) is 0. The summed E-state index contributed by atoms with van der Waals surface area (Å²) in [5, 5.41) is 11.7. The number of hydrogen-bond acceptors (Lipinski definition) is 4. The number of halogens is 2. The molecule has 0 spiro atoms. The van der Waals surface area contributed by atoms with E-state index in [1.807, 2.05) is 0 Å². The lowest BCUT2D eigenvalue weighted by Gasteiger charge is -2.09. The van der Waals surface area contributed by atoms with Crippen LogP contribution in [0, 0.1) is 10.1 Å². The van der Waals surface area contributed by atoms with Gasteiger partial charge >= 0.3 is 5.69 Å². The van der Waals surface area contributed by atoms with E-state index in [9.17, 15) is 10.1 Å². The van der Waals surface area contributed by atoms with E-state index in [2.05, 4.69) is 0 Å². The summed E-state index contributed by atoms with van der Waals surface area (Å²) in [4.78, 5) is 10.4. The molecular formula is C13H9Cl2NO4. The molecule has 0 unspecified atom stereocenters. The molecule has 0 bridgehead atoms. The van der Waals surface area contributed by atoms with Gasteiger partial charge in [-0.1, -0.05) is 23.2 Å². The third-order valence-corrected chi connectivity index (χ3v) is 3.01. The summed E-state index contributed by atoms with van der Waals surface area (Å²) >= 11 is 11.8. The SMILES string of the molecule is COc1ccc([N+](=O)[O-])c(Oc2ccc(Cl)cc2Cl)c1.